The molecule has 1 aliphatic heterocycles. The zero-order valence-corrected chi connectivity index (χ0v) is 13.0. The van der Waals surface area contributed by atoms with Gasteiger partial charge in [-0.15, -0.1) is 0 Å². The van der Waals surface area contributed by atoms with E-state index in [9.17, 15) is 14.7 Å². The zero-order valence-electron chi connectivity index (χ0n) is 12.2. The van der Waals surface area contributed by atoms with Crippen LogP contribution in [0.4, 0.5) is 11.4 Å². The number of rotatable bonds is 3. The molecular weight excluding hydrogens is 316 g/mol. The highest BCUT2D eigenvalue weighted by atomic mass is 35.5. The molecule has 1 unspecified atom stereocenters. The first-order chi connectivity index (χ1) is 11.0. The minimum Gasteiger partial charge on any atom is -0.508 e. The van der Waals surface area contributed by atoms with Crippen LogP contribution in [0.3, 0.4) is 0 Å². The van der Waals surface area contributed by atoms with Gasteiger partial charge in [0.1, 0.15) is 5.75 Å². The van der Waals surface area contributed by atoms with Crippen LogP contribution in [0, 0.1) is 5.92 Å². The topological polar surface area (TPSA) is 69.6 Å². The predicted molar refractivity (Wildman–Crippen MR) is 88.6 cm³/mol. The smallest absolute Gasteiger partial charge is 0.229 e. The summed E-state index contributed by atoms with van der Waals surface area (Å²) >= 11 is 5.85. The van der Waals surface area contributed by atoms with Crippen molar-refractivity contribution in [3.8, 4) is 5.75 Å². The minimum absolute atomic E-state index is 0.0769. The Hall–Kier alpha value is -2.53. The van der Waals surface area contributed by atoms with Crippen molar-refractivity contribution in [2.75, 3.05) is 16.8 Å². The third kappa shape index (κ3) is 3.46. The van der Waals surface area contributed by atoms with Crippen molar-refractivity contribution in [1.29, 1.82) is 0 Å². The molecule has 2 aromatic carbocycles. The van der Waals surface area contributed by atoms with Crippen molar-refractivity contribution < 1.29 is 14.7 Å². The molecule has 0 spiro atoms. The van der Waals surface area contributed by atoms with Crippen LogP contribution in [0.1, 0.15) is 6.42 Å². The fourth-order valence-corrected chi connectivity index (χ4v) is 2.71. The number of phenolic OH excluding ortho intramolecular Hbond substituents is 1. The van der Waals surface area contributed by atoms with Crippen molar-refractivity contribution in [2.24, 2.45) is 5.92 Å². The number of carbonyl (C=O) groups is 2. The molecule has 2 N–H and O–H groups in total. The SMILES string of the molecule is O=C(Nc1cccc(O)c1)C1CC(=O)N(c2ccc(Cl)cc2)C1. The number of anilines is 2. The molecule has 1 atom stereocenters. The van der Waals surface area contributed by atoms with Gasteiger partial charge >= 0.3 is 0 Å². The fraction of sp³-hybridized carbons (Fsp3) is 0.176. The lowest BCUT2D eigenvalue weighted by Gasteiger charge is -2.16. The Bertz CT molecular complexity index is 746. The lowest BCUT2D eigenvalue weighted by molar-refractivity contribution is -0.122. The van der Waals surface area contributed by atoms with E-state index in [4.69, 9.17) is 11.6 Å². The van der Waals surface area contributed by atoms with Crippen LogP contribution in [0.2, 0.25) is 5.02 Å². The van der Waals surface area contributed by atoms with Crippen molar-refractivity contribution in [1.82, 2.24) is 0 Å². The average Bonchev–Trinajstić information content (AvgIpc) is 2.90. The molecule has 118 valence electrons. The molecular formula is C17H15ClN2O3. The molecule has 1 aliphatic rings. The van der Waals surface area contributed by atoms with Crippen molar-refractivity contribution in [2.45, 2.75) is 6.42 Å². The van der Waals surface area contributed by atoms with Gasteiger partial charge in [-0.3, -0.25) is 9.59 Å². The number of nitrogens with one attached hydrogen (secondary N) is 1. The second-order valence-electron chi connectivity index (χ2n) is 5.42. The first-order valence-electron chi connectivity index (χ1n) is 7.19. The maximum Gasteiger partial charge on any atom is 0.229 e. The summed E-state index contributed by atoms with van der Waals surface area (Å²) in [5.74, 6) is -0.683. The van der Waals surface area contributed by atoms with Crippen LogP contribution in [0.15, 0.2) is 48.5 Å². The monoisotopic (exact) mass is 330 g/mol. The highest BCUT2D eigenvalue weighted by Crippen LogP contribution is 2.27. The predicted octanol–water partition coefficient (Wildman–Crippen LogP) is 3.04. The van der Waals surface area contributed by atoms with Crippen molar-refractivity contribution >= 4 is 34.8 Å². The van der Waals surface area contributed by atoms with E-state index in [0.717, 1.165) is 5.69 Å². The number of hydrogen-bond donors (Lipinski definition) is 2. The van der Waals surface area contributed by atoms with E-state index in [1.165, 1.54) is 12.1 Å². The summed E-state index contributed by atoms with van der Waals surface area (Å²) in [4.78, 5) is 26.1. The Balaban J connectivity index is 1.69. The largest absolute Gasteiger partial charge is 0.508 e. The number of amides is 2. The van der Waals surface area contributed by atoms with Gasteiger partial charge in [-0.2, -0.15) is 0 Å². The standard InChI is InChI=1S/C17H15ClN2O3/c18-12-4-6-14(7-5-12)20-10-11(8-16(20)22)17(23)19-13-2-1-3-15(21)9-13/h1-7,9,11,21H,8,10H2,(H,19,23). The quantitative estimate of drug-likeness (QED) is 0.908. The fourth-order valence-electron chi connectivity index (χ4n) is 2.58. The summed E-state index contributed by atoms with van der Waals surface area (Å²) in [5, 5.41) is 12.7. The number of nitrogens with zero attached hydrogens (tertiary/aromatic N) is 1. The molecule has 3 rings (SSSR count). The van der Waals surface area contributed by atoms with Gasteiger partial charge in [-0.1, -0.05) is 17.7 Å². The lowest BCUT2D eigenvalue weighted by atomic mass is 10.1. The summed E-state index contributed by atoms with van der Waals surface area (Å²) in [6.07, 6.45) is 0.160. The Kier molecular flexibility index (Phi) is 4.21. The second-order valence-corrected chi connectivity index (χ2v) is 5.86. The van der Waals surface area contributed by atoms with Gasteiger partial charge in [0.25, 0.3) is 0 Å². The molecule has 23 heavy (non-hydrogen) atoms. The Morgan fingerprint density at radius 3 is 2.65 bits per heavy atom. The van der Waals surface area contributed by atoms with Gasteiger partial charge in [-0.25, -0.2) is 0 Å². The third-order valence-corrected chi connectivity index (χ3v) is 4.00. The van der Waals surface area contributed by atoms with Gasteiger partial charge in [0.15, 0.2) is 0 Å². The number of aromatic hydroxyl groups is 1. The van der Waals surface area contributed by atoms with Crippen molar-refractivity contribution in [3.05, 3.63) is 53.6 Å². The molecule has 0 bridgehead atoms. The Morgan fingerprint density at radius 2 is 1.96 bits per heavy atom. The van der Waals surface area contributed by atoms with Gasteiger partial charge < -0.3 is 15.3 Å². The number of phenols is 1. The van der Waals surface area contributed by atoms with Gasteiger partial charge in [0, 0.05) is 35.4 Å². The van der Waals surface area contributed by atoms with Crippen LogP contribution in [-0.2, 0) is 9.59 Å². The van der Waals surface area contributed by atoms with E-state index in [0.29, 0.717) is 17.3 Å². The molecule has 0 radical (unpaired) electrons. The highest BCUT2D eigenvalue weighted by Gasteiger charge is 2.35. The molecule has 5 nitrogen and oxygen atoms in total. The molecule has 6 heteroatoms. The van der Waals surface area contributed by atoms with E-state index in [1.807, 2.05) is 0 Å². The third-order valence-electron chi connectivity index (χ3n) is 3.75. The molecule has 1 heterocycles. The number of halogens is 1. The van der Waals surface area contributed by atoms with Crippen LogP contribution in [0.5, 0.6) is 5.75 Å². The number of carbonyl (C=O) groups excluding carboxylic acids is 2. The van der Waals surface area contributed by atoms with Crippen LogP contribution in [-0.4, -0.2) is 23.5 Å². The average molecular weight is 331 g/mol. The Morgan fingerprint density at radius 1 is 1.22 bits per heavy atom. The molecule has 1 saturated heterocycles. The molecule has 2 amide bonds. The van der Waals surface area contributed by atoms with Crippen LogP contribution < -0.4 is 10.2 Å². The maximum atomic E-state index is 12.3. The summed E-state index contributed by atoms with van der Waals surface area (Å²) in [6, 6.07) is 13.3. The van der Waals surface area contributed by atoms with E-state index < -0.39 is 5.92 Å². The van der Waals surface area contributed by atoms with Gasteiger partial charge in [-0.05, 0) is 36.4 Å². The summed E-state index contributed by atoms with van der Waals surface area (Å²) in [7, 11) is 0. The van der Waals surface area contributed by atoms with Gasteiger partial charge in [0.05, 0.1) is 5.92 Å². The summed E-state index contributed by atoms with van der Waals surface area (Å²) in [5.41, 5.74) is 1.24. The maximum absolute atomic E-state index is 12.3. The normalized spacial score (nSPS) is 17.3. The summed E-state index contributed by atoms with van der Waals surface area (Å²) in [6.45, 7) is 0.325. The second kappa shape index (κ2) is 6.30. The Labute approximate surface area is 138 Å². The van der Waals surface area contributed by atoms with E-state index in [2.05, 4.69) is 5.32 Å². The number of benzene rings is 2. The molecule has 0 aromatic heterocycles. The van der Waals surface area contributed by atoms with Crippen molar-refractivity contribution in [3.63, 3.8) is 0 Å². The van der Waals surface area contributed by atoms with E-state index in [-0.39, 0.29) is 24.0 Å². The molecule has 0 saturated carbocycles. The van der Waals surface area contributed by atoms with Gasteiger partial charge in [0.2, 0.25) is 11.8 Å². The van der Waals surface area contributed by atoms with E-state index in [1.54, 1.807) is 41.3 Å². The van der Waals surface area contributed by atoms with Crippen LogP contribution in [0.25, 0.3) is 0 Å². The minimum atomic E-state index is -0.430. The zero-order chi connectivity index (χ0) is 16.4. The summed E-state index contributed by atoms with van der Waals surface area (Å²) < 4.78 is 0. The molecule has 0 aliphatic carbocycles. The lowest BCUT2D eigenvalue weighted by Crippen LogP contribution is -2.28. The molecule has 2 aromatic rings. The van der Waals surface area contributed by atoms with Crippen LogP contribution >= 0.6 is 11.6 Å². The highest BCUT2D eigenvalue weighted by molar-refractivity contribution is 6.30. The first kappa shape index (κ1) is 15.4. The first-order valence-corrected chi connectivity index (χ1v) is 7.56. The number of hydrogen-bond acceptors (Lipinski definition) is 3. The van der Waals surface area contributed by atoms with E-state index >= 15 is 0 Å². The molecule has 1 fully saturated rings.